The zero-order valence-electron chi connectivity index (χ0n) is 9.69. The molecule has 0 heterocycles. The normalized spacial score (nSPS) is 9.73. The van der Waals surface area contributed by atoms with Crippen LogP contribution in [0.1, 0.15) is 40.5 Å². The van der Waals surface area contributed by atoms with Crippen molar-refractivity contribution in [3.8, 4) is 0 Å². The summed E-state index contributed by atoms with van der Waals surface area (Å²) in [5.41, 5.74) is 0. The van der Waals surface area contributed by atoms with Crippen LogP contribution < -0.4 is 0 Å². The molecule has 0 aromatic carbocycles. The Kier molecular flexibility index (Phi) is 10.3. The van der Waals surface area contributed by atoms with Crippen molar-refractivity contribution in [2.75, 3.05) is 0 Å². The number of carbonyl (C=O) groups is 2. The van der Waals surface area contributed by atoms with Crippen LogP contribution in [-0.4, -0.2) is 34.4 Å². The molecule has 0 amide bonds. The second-order valence-electron chi connectivity index (χ2n) is 3.52. The summed E-state index contributed by atoms with van der Waals surface area (Å²) in [6, 6.07) is 0. The van der Waals surface area contributed by atoms with E-state index in [1.165, 1.54) is 0 Å². The second-order valence-corrected chi connectivity index (χ2v) is 3.52. The zero-order valence-corrected chi connectivity index (χ0v) is 9.69. The second kappa shape index (κ2) is 9.45. The Bertz CT molecular complexity index is 166. The van der Waals surface area contributed by atoms with Gasteiger partial charge in [0.05, 0.1) is 25.0 Å². The fourth-order valence-corrected chi connectivity index (χ4v) is 0.758. The van der Waals surface area contributed by atoms with Gasteiger partial charge in [-0.1, -0.05) is 0 Å². The molecule has 0 rings (SSSR count). The fraction of sp³-hybridized carbons (Fsp3) is 0.800. The Morgan fingerprint density at radius 3 is 1.27 bits per heavy atom. The highest BCUT2D eigenvalue weighted by Crippen LogP contribution is 1.93. The average molecular weight is 220 g/mol. The van der Waals surface area contributed by atoms with Gasteiger partial charge in [-0.2, -0.15) is 0 Å². The SMILES string of the molecule is CC(C)OC(C)C.O=C(O)CCC(=O)O. The summed E-state index contributed by atoms with van der Waals surface area (Å²) in [4.78, 5) is 19.3. The predicted molar refractivity (Wildman–Crippen MR) is 55.9 cm³/mol. The van der Waals surface area contributed by atoms with E-state index in [1.54, 1.807) is 0 Å². The minimum atomic E-state index is -1.08. The topological polar surface area (TPSA) is 83.8 Å². The summed E-state index contributed by atoms with van der Waals surface area (Å²) in [6.45, 7) is 8.17. The highest BCUT2D eigenvalue weighted by molar-refractivity contribution is 5.75. The number of carboxylic acid groups (broad SMARTS) is 2. The van der Waals surface area contributed by atoms with Crippen LogP contribution in [0.2, 0.25) is 0 Å². The van der Waals surface area contributed by atoms with Gasteiger partial charge in [-0.3, -0.25) is 9.59 Å². The third-order valence-electron chi connectivity index (χ3n) is 1.10. The largest absolute Gasteiger partial charge is 0.481 e. The van der Waals surface area contributed by atoms with Gasteiger partial charge < -0.3 is 14.9 Å². The Balaban J connectivity index is 0. The lowest BCUT2D eigenvalue weighted by atomic mass is 10.3. The maximum atomic E-state index is 9.64. The first-order valence-corrected chi connectivity index (χ1v) is 4.84. The van der Waals surface area contributed by atoms with Gasteiger partial charge in [-0.15, -0.1) is 0 Å². The van der Waals surface area contributed by atoms with E-state index in [1.807, 2.05) is 27.7 Å². The molecule has 0 saturated carbocycles. The lowest BCUT2D eigenvalue weighted by Crippen LogP contribution is -2.09. The number of aliphatic carboxylic acids is 2. The quantitative estimate of drug-likeness (QED) is 0.737. The van der Waals surface area contributed by atoms with Crippen LogP contribution >= 0.6 is 0 Å². The van der Waals surface area contributed by atoms with Crippen LogP contribution in [0.3, 0.4) is 0 Å². The Hall–Kier alpha value is -1.10. The first-order valence-electron chi connectivity index (χ1n) is 4.84. The lowest BCUT2D eigenvalue weighted by Gasteiger charge is -2.09. The van der Waals surface area contributed by atoms with E-state index >= 15 is 0 Å². The van der Waals surface area contributed by atoms with Gasteiger partial charge in [0.2, 0.25) is 0 Å². The lowest BCUT2D eigenvalue weighted by molar-refractivity contribution is -0.143. The first kappa shape index (κ1) is 16.3. The van der Waals surface area contributed by atoms with Crippen molar-refractivity contribution >= 4 is 11.9 Å². The van der Waals surface area contributed by atoms with Crippen LogP contribution in [0, 0.1) is 0 Å². The summed E-state index contributed by atoms with van der Waals surface area (Å²) in [7, 11) is 0. The smallest absolute Gasteiger partial charge is 0.303 e. The van der Waals surface area contributed by atoms with E-state index in [9.17, 15) is 9.59 Å². The third kappa shape index (κ3) is 24.6. The van der Waals surface area contributed by atoms with E-state index in [-0.39, 0.29) is 12.8 Å². The molecule has 0 aliphatic heterocycles. The summed E-state index contributed by atoms with van der Waals surface area (Å²) in [6.07, 6.45) is 0.157. The molecule has 0 aromatic rings. The highest BCUT2D eigenvalue weighted by atomic mass is 16.5. The zero-order chi connectivity index (χ0) is 12.4. The van der Waals surface area contributed by atoms with Crippen LogP contribution in [0.15, 0.2) is 0 Å². The molecule has 0 saturated heterocycles. The van der Waals surface area contributed by atoms with Gasteiger partial charge in [-0.05, 0) is 27.7 Å². The van der Waals surface area contributed by atoms with Crippen molar-refractivity contribution in [1.29, 1.82) is 0 Å². The Morgan fingerprint density at radius 2 is 1.20 bits per heavy atom. The fourth-order valence-electron chi connectivity index (χ4n) is 0.758. The standard InChI is InChI=1S/C6H14O.C4H6O4/c1-5(2)7-6(3)4;5-3(6)1-2-4(7)8/h5-6H,1-4H3;1-2H2,(H,5,6)(H,7,8). The van der Waals surface area contributed by atoms with Crippen molar-refractivity contribution in [2.24, 2.45) is 0 Å². The number of hydrogen-bond donors (Lipinski definition) is 2. The van der Waals surface area contributed by atoms with Crippen LogP contribution in [0.25, 0.3) is 0 Å². The first-order chi connectivity index (χ1) is 6.75. The number of rotatable bonds is 5. The minimum absolute atomic E-state index is 0.296. The van der Waals surface area contributed by atoms with Crippen LogP contribution in [0.5, 0.6) is 0 Å². The van der Waals surface area contributed by atoms with E-state index in [0.717, 1.165) is 0 Å². The number of ether oxygens (including phenoxy) is 1. The molecule has 0 fully saturated rings. The van der Waals surface area contributed by atoms with Gasteiger partial charge in [0, 0.05) is 0 Å². The third-order valence-corrected chi connectivity index (χ3v) is 1.10. The maximum absolute atomic E-state index is 9.64. The summed E-state index contributed by atoms with van der Waals surface area (Å²) >= 11 is 0. The van der Waals surface area contributed by atoms with Crippen molar-refractivity contribution in [3.63, 3.8) is 0 Å². The molecular weight excluding hydrogens is 200 g/mol. The highest BCUT2D eigenvalue weighted by Gasteiger charge is 2.00. The molecule has 0 radical (unpaired) electrons. The van der Waals surface area contributed by atoms with Gasteiger partial charge in [0.15, 0.2) is 0 Å². The van der Waals surface area contributed by atoms with Crippen LogP contribution in [0.4, 0.5) is 0 Å². The van der Waals surface area contributed by atoms with E-state index in [4.69, 9.17) is 14.9 Å². The van der Waals surface area contributed by atoms with Crippen molar-refractivity contribution < 1.29 is 24.5 Å². The van der Waals surface area contributed by atoms with Gasteiger partial charge in [0.1, 0.15) is 0 Å². The van der Waals surface area contributed by atoms with Gasteiger partial charge in [-0.25, -0.2) is 0 Å². The van der Waals surface area contributed by atoms with Gasteiger partial charge in [0.25, 0.3) is 0 Å². The molecule has 15 heavy (non-hydrogen) atoms. The predicted octanol–water partition coefficient (Wildman–Crippen LogP) is 1.76. The molecule has 0 bridgehead atoms. The molecule has 0 spiro atoms. The molecule has 0 aliphatic rings. The Morgan fingerprint density at radius 1 is 0.933 bits per heavy atom. The van der Waals surface area contributed by atoms with Crippen molar-refractivity contribution in [3.05, 3.63) is 0 Å². The van der Waals surface area contributed by atoms with E-state index in [2.05, 4.69) is 0 Å². The minimum Gasteiger partial charge on any atom is -0.481 e. The summed E-state index contributed by atoms with van der Waals surface area (Å²) < 4.78 is 5.25. The number of carboxylic acids is 2. The maximum Gasteiger partial charge on any atom is 0.303 e. The Labute approximate surface area is 90.1 Å². The van der Waals surface area contributed by atoms with Crippen molar-refractivity contribution in [1.82, 2.24) is 0 Å². The molecule has 0 aromatic heterocycles. The number of hydrogen-bond acceptors (Lipinski definition) is 3. The van der Waals surface area contributed by atoms with Crippen molar-refractivity contribution in [2.45, 2.75) is 52.7 Å². The molecule has 5 nitrogen and oxygen atoms in total. The van der Waals surface area contributed by atoms with E-state index in [0.29, 0.717) is 12.2 Å². The molecular formula is C10H20O5. The molecule has 0 aliphatic carbocycles. The molecule has 0 unspecified atom stereocenters. The molecule has 90 valence electrons. The summed E-state index contributed by atoms with van der Waals surface area (Å²) in [5, 5.41) is 15.8. The summed E-state index contributed by atoms with van der Waals surface area (Å²) in [5.74, 6) is -2.15. The average Bonchev–Trinajstić information content (AvgIpc) is 1.99. The molecule has 5 heteroatoms. The molecule has 2 N–H and O–H groups in total. The monoisotopic (exact) mass is 220 g/mol. The van der Waals surface area contributed by atoms with Crippen LogP contribution in [-0.2, 0) is 14.3 Å². The molecule has 0 atom stereocenters. The van der Waals surface area contributed by atoms with E-state index < -0.39 is 11.9 Å². The van der Waals surface area contributed by atoms with Gasteiger partial charge >= 0.3 is 11.9 Å².